The van der Waals surface area contributed by atoms with Crippen molar-refractivity contribution in [2.75, 3.05) is 5.75 Å². The number of benzene rings is 2. The summed E-state index contributed by atoms with van der Waals surface area (Å²) in [6, 6.07) is 14.4. The van der Waals surface area contributed by atoms with Crippen LogP contribution in [0.4, 0.5) is 0 Å². The quantitative estimate of drug-likeness (QED) is 0.573. The second kappa shape index (κ2) is 8.51. The number of hydrazine groups is 1. The van der Waals surface area contributed by atoms with Crippen molar-refractivity contribution in [3.63, 3.8) is 0 Å². The van der Waals surface area contributed by atoms with E-state index in [0.29, 0.717) is 5.92 Å². The van der Waals surface area contributed by atoms with Crippen molar-refractivity contribution < 1.29 is 13.2 Å². The highest BCUT2D eigenvalue weighted by Gasteiger charge is 2.15. The fourth-order valence-electron chi connectivity index (χ4n) is 2.03. The smallest absolute Gasteiger partial charge is 0.257 e. The Kier molecular flexibility index (Phi) is 6.64. The summed E-state index contributed by atoms with van der Waals surface area (Å²) in [6.07, 6.45) is 0. The van der Waals surface area contributed by atoms with Gasteiger partial charge in [0.05, 0.1) is 10.6 Å². The average molecular weight is 379 g/mol. The molecular weight excluding hydrogens is 356 g/mol. The van der Waals surface area contributed by atoms with E-state index in [-0.39, 0.29) is 10.6 Å². The number of carbonyl (C=O) groups is 1. The maximum absolute atomic E-state index is 12.2. The van der Waals surface area contributed by atoms with Crippen LogP contribution in [0.1, 0.15) is 30.9 Å². The number of rotatable bonds is 7. The molecule has 0 aromatic heterocycles. The molecule has 0 aliphatic carbocycles. The summed E-state index contributed by atoms with van der Waals surface area (Å²) in [5.41, 5.74) is 4.44. The van der Waals surface area contributed by atoms with E-state index in [0.717, 1.165) is 16.0 Å². The lowest BCUT2D eigenvalue weighted by atomic mass is 10.0. The van der Waals surface area contributed by atoms with E-state index in [1.165, 1.54) is 23.9 Å². The highest BCUT2D eigenvalue weighted by atomic mass is 32.2. The Hall–Kier alpha value is -1.83. The van der Waals surface area contributed by atoms with E-state index in [9.17, 15) is 13.2 Å². The fraction of sp³-hybridized carbons (Fsp3) is 0.278. The van der Waals surface area contributed by atoms with Crippen LogP contribution >= 0.6 is 11.8 Å². The predicted molar refractivity (Wildman–Crippen MR) is 101 cm³/mol. The highest BCUT2D eigenvalue weighted by Crippen LogP contribution is 2.18. The molecule has 0 heterocycles. The molecule has 2 N–H and O–H groups in total. The second-order valence-corrected chi connectivity index (χ2v) is 8.71. The van der Waals surface area contributed by atoms with Crippen molar-refractivity contribution in [3.05, 3.63) is 59.7 Å². The number of aryl methyl sites for hydroxylation is 1. The Bertz CT molecular complexity index is 814. The summed E-state index contributed by atoms with van der Waals surface area (Å²) in [7, 11) is -3.78. The number of amides is 1. The van der Waals surface area contributed by atoms with Crippen molar-refractivity contribution in [1.82, 2.24) is 10.3 Å². The normalized spacial score (nSPS) is 11.5. The van der Waals surface area contributed by atoms with Gasteiger partial charge >= 0.3 is 0 Å². The number of hydrogen-bond donors (Lipinski definition) is 2. The minimum Gasteiger partial charge on any atom is -0.277 e. The van der Waals surface area contributed by atoms with Gasteiger partial charge < -0.3 is 0 Å². The molecule has 7 heteroatoms. The Balaban J connectivity index is 1.88. The lowest BCUT2D eigenvalue weighted by molar-refractivity contribution is -0.119. The van der Waals surface area contributed by atoms with Crippen LogP contribution in [0.5, 0.6) is 0 Å². The Morgan fingerprint density at radius 1 is 1.04 bits per heavy atom. The van der Waals surface area contributed by atoms with Gasteiger partial charge in [-0.1, -0.05) is 43.7 Å². The van der Waals surface area contributed by atoms with Gasteiger partial charge in [0.1, 0.15) is 0 Å². The maximum Gasteiger partial charge on any atom is 0.257 e. The molecule has 2 aromatic rings. The molecule has 0 unspecified atom stereocenters. The minimum atomic E-state index is -3.78. The molecule has 2 aromatic carbocycles. The van der Waals surface area contributed by atoms with Crippen LogP contribution in [0.3, 0.4) is 0 Å². The van der Waals surface area contributed by atoms with Crippen LogP contribution < -0.4 is 10.3 Å². The van der Waals surface area contributed by atoms with Gasteiger partial charge in [0.2, 0.25) is 5.91 Å². The summed E-state index contributed by atoms with van der Waals surface area (Å²) >= 11 is 1.34. The molecule has 134 valence electrons. The van der Waals surface area contributed by atoms with Crippen LogP contribution in [0.15, 0.2) is 58.3 Å². The minimum absolute atomic E-state index is 0.114. The van der Waals surface area contributed by atoms with Crippen LogP contribution in [0.25, 0.3) is 0 Å². The van der Waals surface area contributed by atoms with E-state index in [2.05, 4.69) is 10.3 Å². The molecule has 0 saturated heterocycles. The maximum atomic E-state index is 12.2. The molecule has 0 aliphatic heterocycles. The molecule has 0 aliphatic rings. The molecule has 25 heavy (non-hydrogen) atoms. The van der Waals surface area contributed by atoms with Gasteiger partial charge in [-0.3, -0.25) is 10.2 Å². The number of carbonyl (C=O) groups excluding carboxylic acids is 1. The van der Waals surface area contributed by atoms with Gasteiger partial charge in [0.15, 0.2) is 0 Å². The Labute approximate surface area is 153 Å². The van der Waals surface area contributed by atoms with E-state index in [1.54, 1.807) is 12.1 Å². The predicted octanol–water partition coefficient (Wildman–Crippen LogP) is 3.22. The van der Waals surface area contributed by atoms with Crippen LogP contribution in [-0.4, -0.2) is 20.1 Å². The fourth-order valence-corrected chi connectivity index (χ4v) is 3.59. The average Bonchev–Trinajstić information content (AvgIpc) is 2.59. The van der Waals surface area contributed by atoms with Gasteiger partial charge in [-0.2, -0.15) is 0 Å². The monoisotopic (exact) mass is 378 g/mol. The van der Waals surface area contributed by atoms with Crippen molar-refractivity contribution >= 4 is 27.7 Å². The molecule has 0 bridgehead atoms. The summed E-state index contributed by atoms with van der Waals surface area (Å²) < 4.78 is 24.4. The summed E-state index contributed by atoms with van der Waals surface area (Å²) in [5, 5.41) is 0. The van der Waals surface area contributed by atoms with Crippen LogP contribution in [0.2, 0.25) is 0 Å². The first-order valence-electron chi connectivity index (χ1n) is 7.88. The Morgan fingerprint density at radius 2 is 1.64 bits per heavy atom. The van der Waals surface area contributed by atoms with E-state index < -0.39 is 15.9 Å². The molecule has 0 atom stereocenters. The molecule has 0 spiro atoms. The highest BCUT2D eigenvalue weighted by molar-refractivity contribution is 8.00. The van der Waals surface area contributed by atoms with Crippen molar-refractivity contribution in [2.45, 2.75) is 36.5 Å². The topological polar surface area (TPSA) is 75.3 Å². The molecule has 5 nitrogen and oxygen atoms in total. The van der Waals surface area contributed by atoms with E-state index in [4.69, 9.17) is 0 Å². The van der Waals surface area contributed by atoms with Crippen molar-refractivity contribution in [2.24, 2.45) is 0 Å². The lowest BCUT2D eigenvalue weighted by Crippen LogP contribution is -2.42. The first kappa shape index (κ1) is 19.5. The van der Waals surface area contributed by atoms with Crippen molar-refractivity contribution in [1.29, 1.82) is 0 Å². The van der Waals surface area contributed by atoms with Gasteiger partial charge in [-0.25, -0.2) is 8.42 Å². The third-order valence-corrected chi connectivity index (χ3v) is 5.85. The third kappa shape index (κ3) is 5.88. The number of nitrogens with one attached hydrogen (secondary N) is 2. The van der Waals surface area contributed by atoms with Gasteiger partial charge in [-0.05, 0) is 42.7 Å². The number of thioether (sulfide) groups is 1. The first-order chi connectivity index (χ1) is 11.8. The van der Waals surface area contributed by atoms with Crippen LogP contribution in [0, 0.1) is 6.92 Å². The second-order valence-electron chi connectivity index (χ2n) is 5.98. The van der Waals surface area contributed by atoms with Crippen molar-refractivity contribution in [3.8, 4) is 0 Å². The molecule has 0 radical (unpaired) electrons. The lowest BCUT2D eigenvalue weighted by Gasteiger charge is -2.10. The number of hydrogen-bond acceptors (Lipinski definition) is 4. The molecular formula is C18H22N2O3S2. The number of sulfonamides is 1. The zero-order valence-corrected chi connectivity index (χ0v) is 16.1. The zero-order valence-electron chi connectivity index (χ0n) is 14.4. The van der Waals surface area contributed by atoms with Gasteiger partial charge in [0.25, 0.3) is 10.0 Å². The largest absolute Gasteiger partial charge is 0.277 e. The SMILES string of the molecule is Cc1ccc(SCC(=O)NNS(=O)(=O)c2ccc(C(C)C)cc2)cc1. The molecule has 0 saturated carbocycles. The van der Waals surface area contributed by atoms with Gasteiger partial charge in [-0.15, -0.1) is 16.6 Å². The van der Waals surface area contributed by atoms with E-state index >= 15 is 0 Å². The summed E-state index contributed by atoms with van der Waals surface area (Å²) in [5.74, 6) is 0.0360. The van der Waals surface area contributed by atoms with E-state index in [1.807, 2.05) is 45.0 Å². The zero-order chi connectivity index (χ0) is 18.4. The molecule has 0 fully saturated rings. The summed E-state index contributed by atoms with van der Waals surface area (Å²) in [4.78, 5) is 15.0. The Morgan fingerprint density at radius 3 is 2.20 bits per heavy atom. The summed E-state index contributed by atoms with van der Waals surface area (Å²) in [6.45, 7) is 6.06. The van der Waals surface area contributed by atoms with Crippen LogP contribution in [-0.2, 0) is 14.8 Å². The van der Waals surface area contributed by atoms with Gasteiger partial charge in [0, 0.05) is 4.90 Å². The third-order valence-electron chi connectivity index (χ3n) is 3.57. The molecule has 2 rings (SSSR count). The standard InChI is InChI=1S/C18H22N2O3S2/c1-13(2)15-6-10-17(11-7-15)25(22,23)20-19-18(21)12-24-16-8-4-14(3)5-9-16/h4-11,13,20H,12H2,1-3H3,(H,19,21). The molecule has 1 amide bonds. The first-order valence-corrected chi connectivity index (χ1v) is 10.3.